The number of nitriles is 1. The van der Waals surface area contributed by atoms with Gasteiger partial charge in [0.1, 0.15) is 24.0 Å². The fourth-order valence-electron chi connectivity index (χ4n) is 4.22. The molecule has 0 bridgehead atoms. The summed E-state index contributed by atoms with van der Waals surface area (Å²) in [5.74, 6) is -6.19. The summed E-state index contributed by atoms with van der Waals surface area (Å²) >= 11 is 0. The first-order chi connectivity index (χ1) is 21.1. The molecule has 0 aliphatic rings. The summed E-state index contributed by atoms with van der Waals surface area (Å²) in [7, 11) is 0. The summed E-state index contributed by atoms with van der Waals surface area (Å²) in [6, 6.07) is 13.2. The lowest BCUT2D eigenvalue weighted by Crippen LogP contribution is -2.08. The normalized spacial score (nSPS) is 11.7. The molecule has 0 amide bonds. The van der Waals surface area contributed by atoms with Crippen LogP contribution in [-0.2, 0) is 14.3 Å². The van der Waals surface area contributed by atoms with Crippen LogP contribution in [0.3, 0.4) is 0 Å². The number of nitrogens with zero attached hydrogens (tertiary/aromatic N) is 1. The number of allylic oxidation sites excluding steroid dienone is 4. The van der Waals surface area contributed by atoms with Gasteiger partial charge >= 0.3 is 11.9 Å². The van der Waals surface area contributed by atoms with Crippen molar-refractivity contribution in [3.05, 3.63) is 107 Å². The van der Waals surface area contributed by atoms with Gasteiger partial charge in [-0.3, -0.25) is 9.59 Å². The van der Waals surface area contributed by atoms with Crippen molar-refractivity contribution in [2.45, 2.75) is 51.9 Å². The van der Waals surface area contributed by atoms with E-state index in [1.807, 2.05) is 6.07 Å². The molecule has 5 nitrogen and oxygen atoms in total. The van der Waals surface area contributed by atoms with Crippen LogP contribution in [0.15, 0.2) is 72.5 Å². The van der Waals surface area contributed by atoms with E-state index in [0.717, 1.165) is 18.9 Å². The van der Waals surface area contributed by atoms with Gasteiger partial charge < -0.3 is 9.47 Å². The van der Waals surface area contributed by atoms with E-state index in [2.05, 4.69) is 0 Å². The summed E-state index contributed by atoms with van der Waals surface area (Å²) in [5, 5.41) is 8.88. The number of carbonyl (C=O) groups is 2. The Labute approximate surface area is 252 Å². The quantitative estimate of drug-likeness (QED) is 0.0346. The summed E-state index contributed by atoms with van der Waals surface area (Å²) in [5.41, 5.74) is 1.10. The van der Waals surface area contributed by atoms with Crippen molar-refractivity contribution in [1.29, 1.82) is 5.26 Å². The van der Waals surface area contributed by atoms with Crippen LogP contribution < -0.4 is 4.74 Å². The lowest BCUT2D eigenvalue weighted by atomic mass is 10.0. The second-order valence-corrected chi connectivity index (χ2v) is 9.90. The van der Waals surface area contributed by atoms with Gasteiger partial charge in [0.15, 0.2) is 17.5 Å². The summed E-state index contributed by atoms with van der Waals surface area (Å²) < 4.78 is 78.5. The van der Waals surface area contributed by atoms with Gasteiger partial charge in [0.05, 0.1) is 11.6 Å². The van der Waals surface area contributed by atoms with Gasteiger partial charge in [0, 0.05) is 24.5 Å². The summed E-state index contributed by atoms with van der Waals surface area (Å²) in [6.07, 6.45) is 6.61. The van der Waals surface area contributed by atoms with Gasteiger partial charge in [-0.1, -0.05) is 37.5 Å². The van der Waals surface area contributed by atoms with Crippen molar-refractivity contribution in [2.24, 2.45) is 0 Å². The van der Waals surface area contributed by atoms with Crippen LogP contribution in [0.25, 0.3) is 16.7 Å². The van der Waals surface area contributed by atoms with Crippen molar-refractivity contribution in [2.75, 3.05) is 6.67 Å². The molecule has 0 aliphatic carbocycles. The van der Waals surface area contributed by atoms with Crippen LogP contribution in [0.4, 0.5) is 22.0 Å². The number of esters is 2. The van der Waals surface area contributed by atoms with Crippen LogP contribution in [0.1, 0.15) is 63.0 Å². The van der Waals surface area contributed by atoms with E-state index in [1.165, 1.54) is 24.3 Å². The number of rotatable bonds is 14. The average Bonchev–Trinajstić information content (AvgIpc) is 2.99. The van der Waals surface area contributed by atoms with E-state index in [1.54, 1.807) is 31.2 Å². The minimum absolute atomic E-state index is 0.0761. The molecule has 0 heterocycles. The van der Waals surface area contributed by atoms with E-state index >= 15 is 0 Å². The monoisotopic (exact) mass is 611 g/mol. The van der Waals surface area contributed by atoms with E-state index in [-0.39, 0.29) is 29.7 Å². The Bertz CT molecular complexity index is 1550. The predicted octanol–water partition coefficient (Wildman–Crippen LogP) is 8.92. The Morgan fingerprint density at radius 1 is 0.795 bits per heavy atom. The third-order valence-electron chi connectivity index (χ3n) is 6.55. The Balaban J connectivity index is 1.33. The lowest BCUT2D eigenvalue weighted by Gasteiger charge is -2.08. The number of halogens is 5. The Morgan fingerprint density at radius 2 is 1.41 bits per heavy atom. The van der Waals surface area contributed by atoms with E-state index in [4.69, 9.17) is 14.7 Å². The van der Waals surface area contributed by atoms with Gasteiger partial charge in [-0.25, -0.2) is 22.0 Å². The number of ether oxygens (including phenoxy) is 2. The minimum Gasteiger partial charge on any atom is -0.431 e. The molecule has 230 valence electrons. The third-order valence-corrected chi connectivity index (χ3v) is 6.55. The molecule has 3 aromatic rings. The highest BCUT2D eigenvalue weighted by atomic mass is 19.2. The molecule has 0 spiro atoms. The Kier molecular flexibility index (Phi) is 12.8. The van der Waals surface area contributed by atoms with Crippen LogP contribution in [-0.4, -0.2) is 18.6 Å². The number of alkyl halides is 1. The molecule has 0 atom stereocenters. The van der Waals surface area contributed by atoms with E-state index in [9.17, 15) is 31.5 Å². The van der Waals surface area contributed by atoms with Gasteiger partial charge in [0.2, 0.25) is 0 Å². The molecule has 3 rings (SSSR count). The fourth-order valence-corrected chi connectivity index (χ4v) is 4.22. The largest absolute Gasteiger partial charge is 0.431 e. The molecule has 0 radical (unpaired) electrons. The van der Waals surface area contributed by atoms with Crippen LogP contribution in [0.2, 0.25) is 0 Å². The SMILES string of the molecule is C/C(=C\C=C(/CF)c1ccc(C#N)cc1)OC(=O)CCCCCCCC(=O)Oc1ccc(-c2cc(F)c(F)c(F)c2)c(F)c1. The number of unbranched alkanes of at least 4 members (excludes halogenated alkanes) is 4. The van der Waals surface area contributed by atoms with Crippen molar-refractivity contribution >= 4 is 17.5 Å². The standard InChI is InChI=1S/C34H30F5NO4/c1-22(9-12-25(20-35)24-13-10-23(21-40)11-14-24)43-32(41)7-5-3-2-4-6-8-33(42)44-27-15-16-28(29(36)19-27)26-17-30(37)34(39)31(38)18-26/h9-19H,2-8,20H2,1H3/b22-9+,25-12+. The number of benzene rings is 3. The van der Waals surface area contributed by atoms with Gasteiger partial charge in [-0.05, 0) is 78.9 Å². The maximum atomic E-state index is 14.5. The number of hydrogen-bond donors (Lipinski definition) is 0. The molecule has 0 aromatic heterocycles. The zero-order valence-electron chi connectivity index (χ0n) is 24.0. The first-order valence-electron chi connectivity index (χ1n) is 13.9. The molecular weight excluding hydrogens is 581 g/mol. The summed E-state index contributed by atoms with van der Waals surface area (Å²) in [6.45, 7) is 0.872. The van der Waals surface area contributed by atoms with Crippen molar-refractivity contribution in [1.82, 2.24) is 0 Å². The molecule has 0 aliphatic heterocycles. The molecule has 0 N–H and O–H groups in total. The molecule has 3 aromatic carbocycles. The lowest BCUT2D eigenvalue weighted by molar-refractivity contribution is -0.139. The molecule has 10 heteroatoms. The third kappa shape index (κ3) is 10.2. The molecule has 0 fully saturated rings. The fraction of sp³-hybridized carbons (Fsp3) is 0.265. The van der Waals surface area contributed by atoms with Crippen molar-refractivity contribution in [3.63, 3.8) is 0 Å². The second-order valence-electron chi connectivity index (χ2n) is 9.90. The van der Waals surface area contributed by atoms with Gasteiger partial charge in [-0.2, -0.15) is 5.26 Å². The van der Waals surface area contributed by atoms with Gasteiger partial charge in [-0.15, -0.1) is 0 Å². The predicted molar refractivity (Wildman–Crippen MR) is 155 cm³/mol. The first-order valence-corrected chi connectivity index (χ1v) is 13.9. The molecule has 0 unspecified atom stereocenters. The number of carbonyl (C=O) groups excluding carboxylic acids is 2. The topological polar surface area (TPSA) is 76.4 Å². The molecule has 44 heavy (non-hydrogen) atoms. The average molecular weight is 612 g/mol. The minimum atomic E-state index is -1.65. The van der Waals surface area contributed by atoms with E-state index in [0.29, 0.717) is 53.9 Å². The highest BCUT2D eigenvalue weighted by molar-refractivity contribution is 5.73. The first kappa shape index (κ1) is 33.7. The zero-order chi connectivity index (χ0) is 32.1. The van der Waals surface area contributed by atoms with Crippen molar-refractivity contribution in [3.8, 4) is 22.9 Å². The maximum Gasteiger partial charge on any atom is 0.311 e. The summed E-state index contributed by atoms with van der Waals surface area (Å²) in [4.78, 5) is 24.2. The van der Waals surface area contributed by atoms with Crippen LogP contribution >= 0.6 is 0 Å². The molecule has 0 saturated carbocycles. The Morgan fingerprint density at radius 3 is 2.00 bits per heavy atom. The second kappa shape index (κ2) is 16.8. The Hall–Kier alpha value is -4.78. The number of hydrogen-bond acceptors (Lipinski definition) is 5. The zero-order valence-corrected chi connectivity index (χ0v) is 24.0. The molecular formula is C34H30F5NO4. The maximum absolute atomic E-state index is 14.5. The highest BCUT2D eigenvalue weighted by Gasteiger charge is 2.15. The van der Waals surface area contributed by atoms with Crippen LogP contribution in [0.5, 0.6) is 5.75 Å². The smallest absolute Gasteiger partial charge is 0.311 e. The van der Waals surface area contributed by atoms with Crippen molar-refractivity contribution < 1.29 is 41.0 Å². The van der Waals surface area contributed by atoms with Gasteiger partial charge in [0.25, 0.3) is 0 Å². The molecule has 0 saturated heterocycles. The van der Waals surface area contributed by atoms with E-state index < -0.39 is 41.9 Å². The van der Waals surface area contributed by atoms with Crippen LogP contribution in [0, 0.1) is 34.6 Å². The highest BCUT2D eigenvalue weighted by Crippen LogP contribution is 2.29.